The molecule has 1 aliphatic carbocycles. The minimum atomic E-state index is -2.45. The smallest absolute Gasteiger partial charge is 0.263 e. The Morgan fingerprint density at radius 3 is 3.00 bits per heavy atom. The van der Waals surface area contributed by atoms with Crippen LogP contribution in [0.25, 0.3) is 0 Å². The first-order chi connectivity index (χ1) is 5.77. The average Bonchev–Trinajstić information content (AvgIpc) is 2.66. The van der Waals surface area contributed by atoms with Crippen molar-refractivity contribution in [1.82, 2.24) is 9.78 Å². The van der Waals surface area contributed by atoms with Crippen molar-refractivity contribution in [2.75, 3.05) is 0 Å². The van der Waals surface area contributed by atoms with Crippen LogP contribution in [-0.2, 0) is 6.54 Å². The summed E-state index contributed by atoms with van der Waals surface area (Å²) in [5.41, 5.74) is -0.0816. The summed E-state index contributed by atoms with van der Waals surface area (Å²) in [5.74, 6) is 0.566. The zero-order valence-corrected chi connectivity index (χ0v) is 6.50. The zero-order chi connectivity index (χ0) is 8.55. The molecule has 1 fully saturated rings. The Kier molecular flexibility index (Phi) is 1.83. The van der Waals surface area contributed by atoms with Gasteiger partial charge in [-0.25, -0.2) is 8.78 Å². The van der Waals surface area contributed by atoms with Gasteiger partial charge in [-0.3, -0.25) is 4.68 Å². The molecule has 0 atom stereocenters. The van der Waals surface area contributed by atoms with E-state index in [4.69, 9.17) is 0 Å². The van der Waals surface area contributed by atoms with E-state index in [9.17, 15) is 8.78 Å². The van der Waals surface area contributed by atoms with Crippen LogP contribution in [0.4, 0.5) is 8.78 Å². The van der Waals surface area contributed by atoms with E-state index in [2.05, 4.69) is 11.2 Å². The molecule has 4 heteroatoms. The Morgan fingerprint density at radius 2 is 2.42 bits per heavy atom. The van der Waals surface area contributed by atoms with E-state index < -0.39 is 6.43 Å². The molecule has 2 rings (SSSR count). The van der Waals surface area contributed by atoms with Crippen LogP contribution in [0.5, 0.6) is 0 Å². The molecule has 0 bridgehead atoms. The van der Waals surface area contributed by atoms with Gasteiger partial charge in [0, 0.05) is 12.6 Å². The van der Waals surface area contributed by atoms with E-state index in [0.717, 1.165) is 12.8 Å². The first-order valence-corrected chi connectivity index (χ1v) is 3.99. The van der Waals surface area contributed by atoms with Crippen LogP contribution in [0.3, 0.4) is 0 Å². The summed E-state index contributed by atoms with van der Waals surface area (Å²) < 4.78 is 25.8. The van der Waals surface area contributed by atoms with Crippen LogP contribution in [0.2, 0.25) is 0 Å². The number of hydrogen-bond acceptors (Lipinski definition) is 1. The molecule has 2 nitrogen and oxygen atoms in total. The molecule has 1 saturated carbocycles. The second-order valence-electron chi connectivity index (χ2n) is 3.10. The monoisotopic (exact) mass is 171 g/mol. The van der Waals surface area contributed by atoms with Gasteiger partial charge in [0.05, 0.1) is 6.20 Å². The molecule has 0 unspecified atom stereocenters. The van der Waals surface area contributed by atoms with Crippen molar-refractivity contribution in [3.05, 3.63) is 18.0 Å². The molecule has 0 amide bonds. The topological polar surface area (TPSA) is 17.8 Å². The summed E-state index contributed by atoms with van der Waals surface area (Å²) in [6.45, 7) is 0.628. The van der Waals surface area contributed by atoms with Gasteiger partial charge < -0.3 is 0 Å². The van der Waals surface area contributed by atoms with E-state index in [1.165, 1.54) is 10.9 Å². The minimum absolute atomic E-state index is 0.0816. The summed E-state index contributed by atoms with van der Waals surface area (Å²) in [7, 11) is 0. The predicted octanol–water partition coefficient (Wildman–Crippen LogP) is 2.03. The quantitative estimate of drug-likeness (QED) is 0.680. The maximum Gasteiger partial charge on any atom is 0.280 e. The van der Waals surface area contributed by atoms with Crippen molar-refractivity contribution < 1.29 is 8.78 Å². The van der Waals surface area contributed by atoms with Gasteiger partial charge in [0.1, 0.15) is 5.69 Å². The van der Waals surface area contributed by atoms with Crippen LogP contribution in [0.15, 0.2) is 6.20 Å². The largest absolute Gasteiger partial charge is 0.280 e. The standard InChI is InChI=1S/C8H9F2N2/c9-8(10)7-3-4-11-12(7)5-6-1-2-6/h4,6,8H,1-2,5H2. The number of hydrogen-bond donors (Lipinski definition) is 0. The highest BCUT2D eigenvalue weighted by Crippen LogP contribution is 2.31. The molecule has 0 aliphatic heterocycles. The van der Waals surface area contributed by atoms with E-state index in [0.29, 0.717) is 12.5 Å². The molecule has 12 heavy (non-hydrogen) atoms. The number of aromatic nitrogens is 2. The molecule has 1 aliphatic rings. The lowest BCUT2D eigenvalue weighted by Gasteiger charge is -2.04. The van der Waals surface area contributed by atoms with E-state index in [1.807, 2.05) is 0 Å². The second kappa shape index (κ2) is 2.84. The molecule has 0 saturated heterocycles. The second-order valence-corrected chi connectivity index (χ2v) is 3.10. The molecule has 0 N–H and O–H groups in total. The average molecular weight is 171 g/mol. The van der Waals surface area contributed by atoms with Gasteiger partial charge in [-0.1, -0.05) is 0 Å². The fourth-order valence-electron chi connectivity index (χ4n) is 1.17. The van der Waals surface area contributed by atoms with Gasteiger partial charge in [0.2, 0.25) is 0 Å². The van der Waals surface area contributed by atoms with Crippen molar-refractivity contribution in [2.24, 2.45) is 5.92 Å². The molecular weight excluding hydrogens is 162 g/mol. The lowest BCUT2D eigenvalue weighted by Crippen LogP contribution is -2.06. The zero-order valence-electron chi connectivity index (χ0n) is 6.50. The Hall–Kier alpha value is -0.930. The van der Waals surface area contributed by atoms with Gasteiger partial charge in [-0.05, 0) is 18.8 Å². The Morgan fingerprint density at radius 1 is 1.67 bits per heavy atom. The van der Waals surface area contributed by atoms with Crippen molar-refractivity contribution in [2.45, 2.75) is 25.8 Å². The third-order valence-electron chi connectivity index (χ3n) is 2.02. The maximum atomic E-state index is 12.2. The van der Waals surface area contributed by atoms with Crippen LogP contribution >= 0.6 is 0 Å². The third kappa shape index (κ3) is 1.47. The van der Waals surface area contributed by atoms with Gasteiger partial charge in [-0.2, -0.15) is 5.10 Å². The lowest BCUT2D eigenvalue weighted by molar-refractivity contribution is 0.138. The van der Waals surface area contributed by atoms with Crippen LogP contribution in [0.1, 0.15) is 25.0 Å². The van der Waals surface area contributed by atoms with Crippen molar-refractivity contribution in [3.63, 3.8) is 0 Å². The van der Waals surface area contributed by atoms with Gasteiger partial charge >= 0.3 is 0 Å². The van der Waals surface area contributed by atoms with Crippen LogP contribution < -0.4 is 0 Å². The predicted molar refractivity (Wildman–Crippen MR) is 38.7 cm³/mol. The Bertz CT molecular complexity index is 266. The normalized spacial score (nSPS) is 17.2. The molecule has 65 valence electrons. The van der Waals surface area contributed by atoms with Crippen LogP contribution in [0, 0.1) is 12.0 Å². The Labute approximate surface area is 69.2 Å². The third-order valence-corrected chi connectivity index (χ3v) is 2.02. The van der Waals surface area contributed by atoms with E-state index in [1.54, 1.807) is 0 Å². The fraction of sp³-hybridized carbons (Fsp3) is 0.625. The van der Waals surface area contributed by atoms with Crippen molar-refractivity contribution in [1.29, 1.82) is 0 Å². The summed E-state index contributed by atoms with van der Waals surface area (Å²) in [5, 5.41) is 3.80. The SMILES string of the molecule is FC(F)c1[c]cnn1CC1CC1. The highest BCUT2D eigenvalue weighted by atomic mass is 19.3. The highest BCUT2D eigenvalue weighted by molar-refractivity contribution is 5.00. The number of alkyl halides is 2. The minimum Gasteiger partial charge on any atom is -0.263 e. The molecule has 1 radical (unpaired) electrons. The van der Waals surface area contributed by atoms with Gasteiger partial charge in [0.25, 0.3) is 6.43 Å². The van der Waals surface area contributed by atoms with Crippen molar-refractivity contribution in [3.8, 4) is 0 Å². The first kappa shape index (κ1) is 7.71. The number of halogens is 2. The van der Waals surface area contributed by atoms with Crippen molar-refractivity contribution >= 4 is 0 Å². The van der Waals surface area contributed by atoms with E-state index >= 15 is 0 Å². The molecule has 0 aromatic carbocycles. The number of rotatable bonds is 3. The summed E-state index contributed by atoms with van der Waals surface area (Å²) >= 11 is 0. The summed E-state index contributed by atoms with van der Waals surface area (Å²) in [6.07, 6.45) is 1.14. The molecule has 1 aromatic heterocycles. The van der Waals surface area contributed by atoms with E-state index in [-0.39, 0.29) is 5.69 Å². The van der Waals surface area contributed by atoms with Crippen LogP contribution in [-0.4, -0.2) is 9.78 Å². The van der Waals surface area contributed by atoms with Gasteiger partial charge in [-0.15, -0.1) is 0 Å². The lowest BCUT2D eigenvalue weighted by atomic mass is 10.4. The summed E-state index contributed by atoms with van der Waals surface area (Å²) in [4.78, 5) is 0. The molecule has 1 heterocycles. The first-order valence-electron chi connectivity index (χ1n) is 3.99. The molecule has 0 spiro atoms. The number of nitrogens with zero attached hydrogens (tertiary/aromatic N) is 2. The fourth-order valence-corrected chi connectivity index (χ4v) is 1.17. The summed E-state index contributed by atoms with van der Waals surface area (Å²) in [6, 6.07) is 2.44. The molecule has 1 aromatic rings. The highest BCUT2D eigenvalue weighted by Gasteiger charge is 2.24. The van der Waals surface area contributed by atoms with Gasteiger partial charge in [0.15, 0.2) is 0 Å². The molecular formula is C8H9F2N2. The Balaban J connectivity index is 2.11. The maximum absolute atomic E-state index is 12.2.